The maximum Gasteiger partial charge on any atom is 0.145 e. The number of rotatable bonds is 3. The molecule has 4 nitrogen and oxygen atoms in total. The molecule has 110 valence electrons. The molecule has 1 aliphatic rings. The van der Waals surface area contributed by atoms with Crippen LogP contribution in [0.4, 0.5) is 0 Å². The molecule has 2 aromatic rings. The Balaban J connectivity index is 1.77. The predicted molar refractivity (Wildman–Crippen MR) is 88.0 cm³/mol. The van der Waals surface area contributed by atoms with Gasteiger partial charge in [-0.05, 0) is 24.6 Å². The van der Waals surface area contributed by atoms with Gasteiger partial charge < -0.3 is 5.32 Å². The summed E-state index contributed by atoms with van der Waals surface area (Å²) in [5.74, 6) is 0.899. The molecule has 21 heavy (non-hydrogen) atoms. The van der Waals surface area contributed by atoms with Crippen LogP contribution in [0.15, 0.2) is 41.1 Å². The number of hydrogen-bond acceptors (Lipinski definition) is 4. The van der Waals surface area contributed by atoms with Gasteiger partial charge in [0, 0.05) is 48.6 Å². The number of benzene rings is 1. The van der Waals surface area contributed by atoms with Crippen molar-refractivity contribution in [3.63, 3.8) is 0 Å². The van der Waals surface area contributed by atoms with Gasteiger partial charge in [-0.25, -0.2) is 9.97 Å². The van der Waals surface area contributed by atoms with Crippen molar-refractivity contribution in [2.24, 2.45) is 0 Å². The lowest BCUT2D eigenvalue weighted by Gasteiger charge is -2.31. The van der Waals surface area contributed by atoms with Crippen LogP contribution in [0, 0.1) is 0 Å². The van der Waals surface area contributed by atoms with E-state index >= 15 is 0 Å². The minimum absolute atomic E-state index is 0.267. The first-order chi connectivity index (χ1) is 10.2. The van der Waals surface area contributed by atoms with Gasteiger partial charge in [0.25, 0.3) is 0 Å². The zero-order valence-electron chi connectivity index (χ0n) is 12.1. The van der Waals surface area contributed by atoms with E-state index in [-0.39, 0.29) is 6.04 Å². The molecule has 0 amide bonds. The molecule has 1 aromatic carbocycles. The number of nitrogens with zero attached hydrogens (tertiary/aromatic N) is 3. The zero-order valence-corrected chi connectivity index (χ0v) is 13.7. The third-order valence-corrected chi connectivity index (χ3v) is 4.40. The lowest BCUT2D eigenvalue weighted by Crippen LogP contribution is -2.44. The Morgan fingerprint density at radius 3 is 2.52 bits per heavy atom. The van der Waals surface area contributed by atoms with Gasteiger partial charge in [0.2, 0.25) is 0 Å². The van der Waals surface area contributed by atoms with Crippen LogP contribution in [-0.4, -0.2) is 41.0 Å². The molecule has 3 rings (SSSR count). The van der Waals surface area contributed by atoms with E-state index in [0.29, 0.717) is 0 Å². The first kappa shape index (κ1) is 14.6. The molecule has 1 atom stereocenters. The fourth-order valence-corrected chi connectivity index (χ4v) is 3.00. The van der Waals surface area contributed by atoms with Crippen LogP contribution in [0.25, 0.3) is 11.1 Å². The highest BCUT2D eigenvalue weighted by Gasteiger charge is 2.19. The fraction of sp³-hybridized carbons (Fsp3) is 0.375. The second kappa shape index (κ2) is 6.64. The molecule has 1 aromatic heterocycles. The Bertz CT molecular complexity index is 593. The Labute approximate surface area is 133 Å². The molecular formula is C16H19BrN4. The first-order valence-corrected chi connectivity index (χ1v) is 8.06. The molecule has 1 aliphatic heterocycles. The second-order valence-electron chi connectivity index (χ2n) is 5.30. The van der Waals surface area contributed by atoms with Crippen molar-refractivity contribution >= 4 is 15.9 Å². The summed E-state index contributed by atoms with van der Waals surface area (Å²) in [7, 11) is 0. The quantitative estimate of drug-likeness (QED) is 0.927. The van der Waals surface area contributed by atoms with E-state index in [0.717, 1.165) is 47.6 Å². The lowest BCUT2D eigenvalue weighted by atomic mass is 10.1. The summed E-state index contributed by atoms with van der Waals surface area (Å²) in [6.45, 7) is 6.37. The van der Waals surface area contributed by atoms with Crippen molar-refractivity contribution in [2.45, 2.75) is 13.0 Å². The number of hydrogen-bond donors (Lipinski definition) is 1. The van der Waals surface area contributed by atoms with Gasteiger partial charge >= 0.3 is 0 Å². The second-order valence-corrected chi connectivity index (χ2v) is 6.22. The van der Waals surface area contributed by atoms with Crippen LogP contribution in [0.3, 0.4) is 0 Å². The van der Waals surface area contributed by atoms with E-state index < -0.39 is 0 Å². The average molecular weight is 347 g/mol. The van der Waals surface area contributed by atoms with E-state index in [4.69, 9.17) is 0 Å². The first-order valence-electron chi connectivity index (χ1n) is 7.27. The van der Waals surface area contributed by atoms with Gasteiger partial charge in [-0.15, -0.1) is 0 Å². The lowest BCUT2D eigenvalue weighted by molar-refractivity contribution is 0.179. The standard InChI is InChI=1S/C16H19BrN4/c1-12(21-7-5-18-6-8-21)16-19-10-14(11-20-16)13-3-2-4-15(17)9-13/h2-4,9-12,18H,5-8H2,1H3. The van der Waals surface area contributed by atoms with E-state index in [1.165, 1.54) is 0 Å². The molecule has 0 saturated carbocycles. The van der Waals surface area contributed by atoms with Crippen molar-refractivity contribution in [2.75, 3.05) is 26.2 Å². The Kier molecular flexibility index (Phi) is 4.63. The van der Waals surface area contributed by atoms with Gasteiger partial charge in [0.15, 0.2) is 0 Å². The summed E-state index contributed by atoms with van der Waals surface area (Å²) in [5, 5.41) is 3.37. The molecule has 5 heteroatoms. The van der Waals surface area contributed by atoms with E-state index in [1.54, 1.807) is 0 Å². The van der Waals surface area contributed by atoms with Crippen molar-refractivity contribution in [1.29, 1.82) is 0 Å². The normalized spacial score (nSPS) is 17.6. The molecule has 0 bridgehead atoms. The van der Waals surface area contributed by atoms with Crippen molar-refractivity contribution in [3.05, 3.63) is 47.0 Å². The SMILES string of the molecule is CC(c1ncc(-c2cccc(Br)c2)cn1)N1CCNCC1. The van der Waals surface area contributed by atoms with Gasteiger partial charge in [-0.2, -0.15) is 0 Å². The maximum absolute atomic E-state index is 4.57. The fourth-order valence-electron chi connectivity index (χ4n) is 2.60. The van der Waals surface area contributed by atoms with Crippen LogP contribution < -0.4 is 5.32 Å². The maximum atomic E-state index is 4.57. The average Bonchev–Trinajstić information content (AvgIpc) is 2.55. The Morgan fingerprint density at radius 1 is 1.14 bits per heavy atom. The van der Waals surface area contributed by atoms with Gasteiger partial charge in [-0.1, -0.05) is 28.1 Å². The summed E-state index contributed by atoms with van der Waals surface area (Å²) in [6.07, 6.45) is 3.84. The van der Waals surface area contributed by atoms with Crippen molar-refractivity contribution in [1.82, 2.24) is 20.2 Å². The molecule has 1 N–H and O–H groups in total. The smallest absolute Gasteiger partial charge is 0.145 e. The minimum atomic E-state index is 0.267. The minimum Gasteiger partial charge on any atom is -0.314 e. The molecule has 1 saturated heterocycles. The highest BCUT2D eigenvalue weighted by Crippen LogP contribution is 2.23. The molecule has 0 spiro atoms. The summed E-state index contributed by atoms with van der Waals surface area (Å²) >= 11 is 3.50. The van der Waals surface area contributed by atoms with Crippen molar-refractivity contribution in [3.8, 4) is 11.1 Å². The van der Waals surface area contributed by atoms with Gasteiger partial charge in [-0.3, -0.25) is 4.90 Å². The highest BCUT2D eigenvalue weighted by atomic mass is 79.9. The summed E-state index contributed by atoms with van der Waals surface area (Å²) in [6, 6.07) is 8.46. The largest absolute Gasteiger partial charge is 0.314 e. The molecule has 1 unspecified atom stereocenters. The topological polar surface area (TPSA) is 41.1 Å². The number of aromatic nitrogens is 2. The summed E-state index contributed by atoms with van der Waals surface area (Å²) in [5.41, 5.74) is 2.18. The van der Waals surface area contributed by atoms with Gasteiger partial charge in [0.1, 0.15) is 5.82 Å². The molecule has 1 fully saturated rings. The molecular weight excluding hydrogens is 328 g/mol. The predicted octanol–water partition coefficient (Wildman–Crippen LogP) is 2.87. The molecule has 0 aliphatic carbocycles. The van der Waals surface area contributed by atoms with Crippen LogP contribution >= 0.6 is 15.9 Å². The van der Waals surface area contributed by atoms with E-state index in [2.05, 4.69) is 55.2 Å². The summed E-state index contributed by atoms with van der Waals surface area (Å²) in [4.78, 5) is 11.6. The van der Waals surface area contributed by atoms with Crippen LogP contribution in [-0.2, 0) is 0 Å². The van der Waals surface area contributed by atoms with Crippen LogP contribution in [0.2, 0.25) is 0 Å². The zero-order chi connectivity index (χ0) is 14.7. The Hall–Kier alpha value is -1.30. The molecule has 2 heterocycles. The van der Waals surface area contributed by atoms with E-state index in [9.17, 15) is 0 Å². The number of halogens is 1. The highest BCUT2D eigenvalue weighted by molar-refractivity contribution is 9.10. The van der Waals surface area contributed by atoms with E-state index in [1.807, 2.05) is 24.5 Å². The number of nitrogens with one attached hydrogen (secondary N) is 1. The molecule has 0 radical (unpaired) electrons. The monoisotopic (exact) mass is 346 g/mol. The van der Waals surface area contributed by atoms with Crippen LogP contribution in [0.5, 0.6) is 0 Å². The number of piperazine rings is 1. The van der Waals surface area contributed by atoms with Crippen LogP contribution in [0.1, 0.15) is 18.8 Å². The Morgan fingerprint density at radius 2 is 1.86 bits per heavy atom. The van der Waals surface area contributed by atoms with Crippen molar-refractivity contribution < 1.29 is 0 Å². The third-order valence-electron chi connectivity index (χ3n) is 3.90. The third kappa shape index (κ3) is 3.48. The summed E-state index contributed by atoms with van der Waals surface area (Å²) < 4.78 is 1.07. The van der Waals surface area contributed by atoms with Gasteiger partial charge in [0.05, 0.1) is 6.04 Å².